The molecule has 2 aromatic rings. The Bertz CT molecular complexity index is 814. The van der Waals surface area contributed by atoms with Crippen molar-refractivity contribution >= 4 is 11.6 Å². The minimum absolute atomic E-state index is 0.0594. The number of ether oxygens (including phenoxy) is 3. The van der Waals surface area contributed by atoms with Crippen LogP contribution in [0.15, 0.2) is 42.5 Å². The van der Waals surface area contributed by atoms with Crippen LogP contribution in [0.5, 0.6) is 11.5 Å². The summed E-state index contributed by atoms with van der Waals surface area (Å²) in [5, 5.41) is 0. The maximum absolute atomic E-state index is 13.1. The summed E-state index contributed by atoms with van der Waals surface area (Å²) in [5.41, 5.74) is 2.76. The van der Waals surface area contributed by atoms with Crippen LogP contribution in [0.2, 0.25) is 0 Å². The van der Waals surface area contributed by atoms with Crippen LogP contribution in [-0.2, 0) is 11.3 Å². The van der Waals surface area contributed by atoms with Crippen LogP contribution in [-0.4, -0.2) is 57.3 Å². The number of nitrogens with zero attached hydrogens (tertiary/aromatic N) is 2. The number of methoxy groups -OCH3 is 1. The number of rotatable bonds is 9. The van der Waals surface area contributed by atoms with Gasteiger partial charge in [-0.05, 0) is 55.8 Å². The van der Waals surface area contributed by atoms with Crippen molar-refractivity contribution in [3.05, 3.63) is 53.6 Å². The van der Waals surface area contributed by atoms with Gasteiger partial charge in [0.05, 0.1) is 20.3 Å². The molecule has 0 atom stereocenters. The molecular weight excluding hydrogens is 380 g/mol. The minimum atomic E-state index is 0.0594. The predicted molar refractivity (Wildman–Crippen MR) is 119 cm³/mol. The SMILES string of the molecule is CCCOCc1cc(C(=O)N2CCN(c3ccc(OC)cc3)CC2)ccc1OCC. The summed E-state index contributed by atoms with van der Waals surface area (Å²) in [6.45, 7) is 8.77. The van der Waals surface area contributed by atoms with Gasteiger partial charge in [-0.3, -0.25) is 4.79 Å². The van der Waals surface area contributed by atoms with E-state index in [4.69, 9.17) is 14.2 Å². The molecule has 1 heterocycles. The minimum Gasteiger partial charge on any atom is -0.497 e. The molecule has 6 heteroatoms. The highest BCUT2D eigenvalue weighted by molar-refractivity contribution is 5.94. The maximum Gasteiger partial charge on any atom is 0.253 e. The van der Waals surface area contributed by atoms with Crippen molar-refractivity contribution in [2.45, 2.75) is 26.9 Å². The van der Waals surface area contributed by atoms with Crippen molar-refractivity contribution in [1.82, 2.24) is 4.90 Å². The topological polar surface area (TPSA) is 51.2 Å². The highest BCUT2D eigenvalue weighted by Crippen LogP contribution is 2.24. The van der Waals surface area contributed by atoms with Gasteiger partial charge in [0.1, 0.15) is 11.5 Å². The molecule has 3 rings (SSSR count). The van der Waals surface area contributed by atoms with E-state index in [9.17, 15) is 4.79 Å². The molecule has 2 aromatic carbocycles. The summed E-state index contributed by atoms with van der Waals surface area (Å²) in [5.74, 6) is 1.69. The van der Waals surface area contributed by atoms with E-state index in [1.807, 2.05) is 42.2 Å². The van der Waals surface area contributed by atoms with Crippen LogP contribution >= 0.6 is 0 Å². The molecule has 1 aliphatic rings. The van der Waals surface area contributed by atoms with Crippen LogP contribution in [0.1, 0.15) is 36.2 Å². The molecule has 1 saturated heterocycles. The molecule has 6 nitrogen and oxygen atoms in total. The van der Waals surface area contributed by atoms with E-state index in [1.54, 1.807) is 7.11 Å². The molecule has 0 bridgehead atoms. The zero-order valence-corrected chi connectivity index (χ0v) is 18.2. The van der Waals surface area contributed by atoms with Gasteiger partial charge in [0.25, 0.3) is 5.91 Å². The first kappa shape index (κ1) is 22.0. The van der Waals surface area contributed by atoms with E-state index < -0.39 is 0 Å². The molecule has 1 amide bonds. The normalized spacial score (nSPS) is 14.0. The first-order valence-corrected chi connectivity index (χ1v) is 10.7. The Morgan fingerprint density at radius 1 is 1.00 bits per heavy atom. The third-order valence-electron chi connectivity index (χ3n) is 5.22. The van der Waals surface area contributed by atoms with Gasteiger partial charge in [-0.15, -0.1) is 0 Å². The third kappa shape index (κ3) is 5.45. The number of hydrogen-bond acceptors (Lipinski definition) is 5. The van der Waals surface area contributed by atoms with E-state index in [-0.39, 0.29) is 5.91 Å². The first-order chi connectivity index (χ1) is 14.7. The average Bonchev–Trinajstić information content (AvgIpc) is 2.80. The Morgan fingerprint density at radius 3 is 2.37 bits per heavy atom. The molecule has 0 unspecified atom stereocenters. The van der Waals surface area contributed by atoms with Gasteiger partial charge in [-0.1, -0.05) is 6.92 Å². The number of anilines is 1. The molecule has 0 aliphatic carbocycles. The zero-order valence-electron chi connectivity index (χ0n) is 18.2. The van der Waals surface area contributed by atoms with Gasteiger partial charge in [-0.2, -0.15) is 0 Å². The number of benzene rings is 2. The Kier molecular flexibility index (Phi) is 7.97. The summed E-state index contributed by atoms with van der Waals surface area (Å²) in [6, 6.07) is 13.7. The van der Waals surface area contributed by atoms with Crippen molar-refractivity contribution < 1.29 is 19.0 Å². The molecule has 1 fully saturated rings. The molecule has 0 spiro atoms. The Morgan fingerprint density at radius 2 is 1.73 bits per heavy atom. The van der Waals surface area contributed by atoms with Crippen LogP contribution in [0, 0.1) is 0 Å². The van der Waals surface area contributed by atoms with Crippen LogP contribution < -0.4 is 14.4 Å². The van der Waals surface area contributed by atoms with E-state index >= 15 is 0 Å². The summed E-state index contributed by atoms with van der Waals surface area (Å²) < 4.78 is 16.6. The second kappa shape index (κ2) is 10.9. The van der Waals surface area contributed by atoms with Crippen LogP contribution in [0.4, 0.5) is 5.69 Å². The van der Waals surface area contributed by atoms with E-state index in [1.165, 1.54) is 0 Å². The highest BCUT2D eigenvalue weighted by Gasteiger charge is 2.23. The lowest BCUT2D eigenvalue weighted by molar-refractivity contribution is 0.0746. The lowest BCUT2D eigenvalue weighted by Gasteiger charge is -2.36. The monoisotopic (exact) mass is 412 g/mol. The predicted octanol–water partition coefficient (Wildman–Crippen LogP) is 3.98. The Balaban J connectivity index is 1.64. The van der Waals surface area contributed by atoms with Gasteiger partial charge in [0, 0.05) is 49.6 Å². The van der Waals surface area contributed by atoms with Gasteiger partial charge in [0.15, 0.2) is 0 Å². The second-order valence-corrected chi connectivity index (χ2v) is 7.29. The standard InChI is InChI=1S/C24H32N2O4/c1-4-16-29-18-20-17-19(6-11-23(20)30-5-2)24(27)26-14-12-25(13-15-26)21-7-9-22(28-3)10-8-21/h6-11,17H,4-5,12-16,18H2,1-3H3. The molecule has 0 aromatic heterocycles. The van der Waals surface area contributed by atoms with Crippen molar-refractivity contribution in [3.63, 3.8) is 0 Å². The summed E-state index contributed by atoms with van der Waals surface area (Å²) in [7, 11) is 1.67. The second-order valence-electron chi connectivity index (χ2n) is 7.29. The van der Waals surface area contributed by atoms with Gasteiger partial charge < -0.3 is 24.0 Å². The lowest BCUT2D eigenvalue weighted by Crippen LogP contribution is -2.48. The Hall–Kier alpha value is -2.73. The number of piperazine rings is 1. The van der Waals surface area contributed by atoms with E-state index in [2.05, 4.69) is 24.0 Å². The molecule has 162 valence electrons. The largest absolute Gasteiger partial charge is 0.497 e. The maximum atomic E-state index is 13.1. The third-order valence-corrected chi connectivity index (χ3v) is 5.22. The quantitative estimate of drug-likeness (QED) is 0.583. The van der Waals surface area contributed by atoms with E-state index in [0.717, 1.165) is 42.3 Å². The summed E-state index contributed by atoms with van der Waals surface area (Å²) in [4.78, 5) is 17.3. The molecule has 0 radical (unpaired) electrons. The molecular formula is C24H32N2O4. The van der Waals surface area contributed by atoms with Crippen molar-refractivity contribution in [2.75, 3.05) is 51.4 Å². The number of amides is 1. The zero-order chi connectivity index (χ0) is 21.3. The smallest absolute Gasteiger partial charge is 0.253 e. The number of carbonyl (C=O) groups excluding carboxylic acids is 1. The fourth-order valence-corrected chi connectivity index (χ4v) is 3.59. The van der Waals surface area contributed by atoms with Gasteiger partial charge in [-0.25, -0.2) is 0 Å². The fraction of sp³-hybridized carbons (Fsp3) is 0.458. The molecule has 0 N–H and O–H groups in total. The van der Waals surface area contributed by atoms with Crippen molar-refractivity contribution in [2.24, 2.45) is 0 Å². The number of carbonyl (C=O) groups is 1. The van der Waals surface area contributed by atoms with Crippen LogP contribution in [0.3, 0.4) is 0 Å². The average molecular weight is 413 g/mol. The van der Waals surface area contributed by atoms with E-state index in [0.29, 0.717) is 38.5 Å². The first-order valence-electron chi connectivity index (χ1n) is 10.7. The molecule has 30 heavy (non-hydrogen) atoms. The number of hydrogen-bond donors (Lipinski definition) is 0. The molecule has 0 saturated carbocycles. The van der Waals surface area contributed by atoms with Crippen molar-refractivity contribution in [3.8, 4) is 11.5 Å². The molecule has 1 aliphatic heterocycles. The Labute approximate surface area is 179 Å². The summed E-state index contributed by atoms with van der Waals surface area (Å²) in [6.07, 6.45) is 0.959. The summed E-state index contributed by atoms with van der Waals surface area (Å²) >= 11 is 0. The van der Waals surface area contributed by atoms with Gasteiger partial charge in [0.2, 0.25) is 0 Å². The van der Waals surface area contributed by atoms with Crippen LogP contribution in [0.25, 0.3) is 0 Å². The fourth-order valence-electron chi connectivity index (χ4n) is 3.59. The lowest BCUT2D eigenvalue weighted by atomic mass is 10.1. The van der Waals surface area contributed by atoms with Crippen molar-refractivity contribution in [1.29, 1.82) is 0 Å². The highest BCUT2D eigenvalue weighted by atomic mass is 16.5. The van der Waals surface area contributed by atoms with Gasteiger partial charge >= 0.3 is 0 Å².